The zero-order valence-corrected chi connectivity index (χ0v) is 11.5. The maximum atomic E-state index is 11.7. The highest BCUT2D eigenvalue weighted by atomic mass is 35.5. The van der Waals surface area contributed by atoms with Crippen LogP contribution in [0.2, 0.25) is 5.02 Å². The Balaban J connectivity index is 2.05. The number of nitrogens with one attached hydrogen (secondary N) is 1. The third-order valence-electron chi connectivity index (χ3n) is 4.24. The van der Waals surface area contributed by atoms with Gasteiger partial charge in [-0.1, -0.05) is 11.6 Å². The summed E-state index contributed by atoms with van der Waals surface area (Å²) < 4.78 is 0. The van der Waals surface area contributed by atoms with E-state index in [2.05, 4.69) is 10.2 Å². The smallest absolute Gasteiger partial charge is 0.311 e. The molecule has 0 radical (unpaired) electrons. The van der Waals surface area contributed by atoms with E-state index >= 15 is 0 Å². The Hall–Kier alpha value is -1.26. The zero-order chi connectivity index (χ0) is 13.6. The lowest BCUT2D eigenvalue weighted by Gasteiger charge is -2.44. The summed E-state index contributed by atoms with van der Waals surface area (Å²) in [4.78, 5) is 13.9. The Bertz CT molecular complexity index is 520. The number of carboxylic acids is 1. The van der Waals surface area contributed by atoms with Crippen LogP contribution >= 0.6 is 11.6 Å². The van der Waals surface area contributed by atoms with Gasteiger partial charge >= 0.3 is 5.97 Å². The lowest BCUT2D eigenvalue weighted by molar-refractivity contribution is -0.141. The van der Waals surface area contributed by atoms with Gasteiger partial charge in [0.2, 0.25) is 0 Å². The van der Waals surface area contributed by atoms with Crippen molar-refractivity contribution in [3.63, 3.8) is 0 Å². The van der Waals surface area contributed by atoms with Gasteiger partial charge in [-0.25, -0.2) is 0 Å². The van der Waals surface area contributed by atoms with Crippen molar-refractivity contribution < 1.29 is 9.90 Å². The van der Waals surface area contributed by atoms with Crippen LogP contribution in [0.4, 0.5) is 5.69 Å². The predicted molar refractivity (Wildman–Crippen MR) is 74.8 cm³/mol. The van der Waals surface area contributed by atoms with Crippen LogP contribution in [0.5, 0.6) is 0 Å². The molecule has 19 heavy (non-hydrogen) atoms. The number of rotatable bonds is 1. The van der Waals surface area contributed by atoms with E-state index in [4.69, 9.17) is 11.6 Å². The minimum Gasteiger partial charge on any atom is -0.481 e. The fraction of sp³-hybridized carbons (Fsp3) is 0.500. The van der Waals surface area contributed by atoms with Crippen LogP contribution < -0.4 is 5.32 Å². The number of aliphatic carboxylic acids is 1. The summed E-state index contributed by atoms with van der Waals surface area (Å²) in [6.07, 6.45) is 0.979. The minimum atomic E-state index is -0.754. The highest BCUT2D eigenvalue weighted by molar-refractivity contribution is 6.30. The molecule has 0 bridgehead atoms. The van der Waals surface area contributed by atoms with Gasteiger partial charge in [-0.2, -0.15) is 0 Å². The van der Waals surface area contributed by atoms with Gasteiger partial charge < -0.3 is 15.3 Å². The third kappa shape index (κ3) is 2.19. The molecule has 2 heterocycles. The summed E-state index contributed by atoms with van der Waals surface area (Å²) in [6, 6.07) is 5.73. The molecule has 1 aromatic carbocycles. The van der Waals surface area contributed by atoms with Crippen LogP contribution in [0, 0.1) is 5.92 Å². The first kappa shape index (κ1) is 12.8. The van der Waals surface area contributed by atoms with Crippen molar-refractivity contribution in [1.29, 1.82) is 0 Å². The SMILES string of the molecule is CN1CCC2Nc3ccc(Cl)cc3C(C(=O)O)C2C1. The molecule has 1 aromatic rings. The largest absolute Gasteiger partial charge is 0.481 e. The zero-order valence-electron chi connectivity index (χ0n) is 10.8. The topological polar surface area (TPSA) is 52.6 Å². The van der Waals surface area contributed by atoms with Gasteiger partial charge in [0, 0.05) is 29.2 Å². The number of piperidine rings is 1. The van der Waals surface area contributed by atoms with Crippen LogP contribution in [0.25, 0.3) is 0 Å². The highest BCUT2D eigenvalue weighted by Crippen LogP contribution is 2.42. The average Bonchev–Trinajstić information content (AvgIpc) is 2.35. The number of carboxylic acid groups (broad SMARTS) is 1. The second-order valence-electron chi connectivity index (χ2n) is 5.51. The van der Waals surface area contributed by atoms with Crippen LogP contribution in [0.3, 0.4) is 0 Å². The van der Waals surface area contributed by atoms with E-state index in [1.807, 2.05) is 19.2 Å². The van der Waals surface area contributed by atoms with Gasteiger partial charge in [0.05, 0.1) is 5.92 Å². The molecular weight excluding hydrogens is 264 g/mol. The average molecular weight is 281 g/mol. The molecule has 3 atom stereocenters. The lowest BCUT2D eigenvalue weighted by atomic mass is 9.74. The van der Waals surface area contributed by atoms with E-state index in [9.17, 15) is 9.90 Å². The van der Waals surface area contributed by atoms with Gasteiger partial charge in [0.15, 0.2) is 0 Å². The number of nitrogens with zero attached hydrogens (tertiary/aromatic N) is 1. The van der Waals surface area contributed by atoms with Gasteiger partial charge in [0.1, 0.15) is 0 Å². The Morgan fingerprint density at radius 3 is 3.05 bits per heavy atom. The molecule has 1 saturated heterocycles. The van der Waals surface area contributed by atoms with Crippen molar-refractivity contribution in [1.82, 2.24) is 4.90 Å². The summed E-state index contributed by atoms with van der Waals surface area (Å²) in [5.41, 5.74) is 1.74. The molecule has 102 valence electrons. The predicted octanol–water partition coefficient (Wildman–Crippen LogP) is 2.25. The Kier molecular flexibility index (Phi) is 3.15. The summed E-state index contributed by atoms with van der Waals surface area (Å²) in [6.45, 7) is 1.81. The molecule has 5 heteroatoms. The maximum Gasteiger partial charge on any atom is 0.311 e. The molecule has 3 rings (SSSR count). The number of benzene rings is 1. The normalized spacial score (nSPS) is 30.1. The van der Waals surface area contributed by atoms with Gasteiger partial charge in [0.25, 0.3) is 0 Å². The number of likely N-dealkylation sites (tertiary alicyclic amines) is 1. The van der Waals surface area contributed by atoms with Crippen molar-refractivity contribution in [2.24, 2.45) is 5.92 Å². The number of anilines is 1. The highest BCUT2D eigenvalue weighted by Gasteiger charge is 2.43. The molecule has 1 fully saturated rings. The monoisotopic (exact) mass is 280 g/mol. The lowest BCUT2D eigenvalue weighted by Crippen LogP contribution is -2.51. The number of hydrogen-bond donors (Lipinski definition) is 2. The quantitative estimate of drug-likeness (QED) is 0.828. The number of fused-ring (bicyclic) bond motifs is 2. The van der Waals surface area contributed by atoms with Crippen LogP contribution in [-0.2, 0) is 4.79 Å². The van der Waals surface area contributed by atoms with E-state index in [0.717, 1.165) is 30.8 Å². The second kappa shape index (κ2) is 4.69. The van der Waals surface area contributed by atoms with E-state index in [-0.39, 0.29) is 12.0 Å². The summed E-state index contributed by atoms with van der Waals surface area (Å²) in [7, 11) is 2.04. The van der Waals surface area contributed by atoms with Crippen molar-refractivity contribution in [2.75, 3.05) is 25.5 Å². The molecule has 0 spiro atoms. The van der Waals surface area contributed by atoms with Crippen molar-refractivity contribution in [3.05, 3.63) is 28.8 Å². The number of halogens is 1. The minimum absolute atomic E-state index is 0.0993. The van der Waals surface area contributed by atoms with Gasteiger partial charge in [-0.3, -0.25) is 4.79 Å². The molecule has 0 aliphatic carbocycles. The van der Waals surface area contributed by atoms with Crippen molar-refractivity contribution in [3.8, 4) is 0 Å². The van der Waals surface area contributed by atoms with Crippen molar-refractivity contribution in [2.45, 2.75) is 18.4 Å². The maximum absolute atomic E-state index is 11.7. The first-order chi connectivity index (χ1) is 9.06. The Morgan fingerprint density at radius 2 is 2.32 bits per heavy atom. The van der Waals surface area contributed by atoms with Crippen LogP contribution in [0.15, 0.2) is 18.2 Å². The van der Waals surface area contributed by atoms with Crippen molar-refractivity contribution >= 4 is 23.3 Å². The molecule has 0 aromatic heterocycles. The number of carbonyl (C=O) groups is 1. The fourth-order valence-electron chi connectivity index (χ4n) is 3.34. The Labute approximate surface area is 117 Å². The molecule has 2 N–H and O–H groups in total. The third-order valence-corrected chi connectivity index (χ3v) is 4.48. The van der Waals surface area contributed by atoms with Gasteiger partial charge in [-0.05, 0) is 43.8 Å². The standard InChI is InChI=1S/C14H17ClN2O2/c1-17-5-4-12-10(7-17)13(14(18)19)9-6-8(15)2-3-11(9)16-12/h2-3,6,10,12-13,16H,4-5,7H2,1H3,(H,18,19). The molecule has 2 aliphatic heterocycles. The molecular formula is C14H17ClN2O2. The van der Waals surface area contributed by atoms with E-state index in [1.54, 1.807) is 6.07 Å². The second-order valence-corrected chi connectivity index (χ2v) is 5.95. The summed E-state index contributed by atoms with van der Waals surface area (Å²) in [5, 5.41) is 13.7. The van der Waals surface area contributed by atoms with E-state index < -0.39 is 11.9 Å². The molecule has 3 unspecified atom stereocenters. The molecule has 0 saturated carbocycles. The molecule has 2 aliphatic rings. The first-order valence-electron chi connectivity index (χ1n) is 6.53. The summed E-state index contributed by atoms with van der Waals surface area (Å²) in [5.74, 6) is -1.12. The fourth-order valence-corrected chi connectivity index (χ4v) is 3.52. The van der Waals surface area contributed by atoms with Crippen LogP contribution in [-0.4, -0.2) is 42.2 Å². The van der Waals surface area contributed by atoms with Gasteiger partial charge in [-0.15, -0.1) is 0 Å². The van der Waals surface area contributed by atoms with E-state index in [1.165, 1.54) is 0 Å². The number of hydrogen-bond acceptors (Lipinski definition) is 3. The molecule has 4 nitrogen and oxygen atoms in total. The Morgan fingerprint density at radius 1 is 1.53 bits per heavy atom. The first-order valence-corrected chi connectivity index (χ1v) is 6.91. The molecule has 0 amide bonds. The van der Waals surface area contributed by atoms with E-state index in [0.29, 0.717) is 5.02 Å². The van der Waals surface area contributed by atoms with Crippen LogP contribution in [0.1, 0.15) is 17.9 Å². The summed E-state index contributed by atoms with van der Waals surface area (Å²) >= 11 is 6.02.